The van der Waals surface area contributed by atoms with Gasteiger partial charge in [-0.05, 0) is 54.8 Å². The van der Waals surface area contributed by atoms with Crippen LogP contribution in [0.1, 0.15) is 63.4 Å². The molecule has 1 fully saturated rings. The zero-order valence-corrected chi connectivity index (χ0v) is 23.7. The van der Waals surface area contributed by atoms with Gasteiger partial charge in [-0.1, -0.05) is 31.7 Å². The second kappa shape index (κ2) is 12.7. The van der Waals surface area contributed by atoms with E-state index in [0.29, 0.717) is 53.9 Å². The second-order valence-electron chi connectivity index (χ2n) is 10.5. The minimum Gasteiger partial charge on any atom is -0.454 e. The molecule has 0 saturated heterocycles. The van der Waals surface area contributed by atoms with Crippen molar-refractivity contribution in [1.29, 1.82) is 0 Å². The molecule has 2 aromatic heterocycles. The van der Waals surface area contributed by atoms with Crippen LogP contribution in [0, 0.1) is 0 Å². The highest BCUT2D eigenvalue weighted by Crippen LogP contribution is 2.32. The molecule has 1 N–H and O–H groups in total. The molecular weight excluding hydrogens is 532 g/mol. The van der Waals surface area contributed by atoms with Gasteiger partial charge >= 0.3 is 5.69 Å². The lowest BCUT2D eigenvalue weighted by molar-refractivity contribution is -0.133. The molecule has 1 aromatic carbocycles. The topological polar surface area (TPSA) is 112 Å². The number of nitrogens with one attached hydrogen (secondary N) is 1. The fourth-order valence-electron chi connectivity index (χ4n) is 5.47. The molecule has 40 heavy (non-hydrogen) atoms. The number of unbranched alkanes of at least 4 members (excludes halogenated alkanes) is 2. The Morgan fingerprint density at radius 3 is 2.65 bits per heavy atom. The van der Waals surface area contributed by atoms with Crippen molar-refractivity contribution < 1.29 is 19.1 Å². The summed E-state index contributed by atoms with van der Waals surface area (Å²) in [4.78, 5) is 53.7. The molecule has 0 unspecified atom stereocenters. The maximum Gasteiger partial charge on any atom is 0.332 e. The van der Waals surface area contributed by atoms with Gasteiger partial charge in [-0.3, -0.25) is 23.5 Å². The quantitative estimate of drug-likeness (QED) is 0.354. The Bertz CT molecular complexity index is 1490. The summed E-state index contributed by atoms with van der Waals surface area (Å²) in [6.07, 6.45) is 7.67. The summed E-state index contributed by atoms with van der Waals surface area (Å²) >= 11 is 1.29. The van der Waals surface area contributed by atoms with E-state index in [1.807, 2.05) is 25.2 Å². The van der Waals surface area contributed by atoms with Crippen LogP contribution >= 0.6 is 11.3 Å². The summed E-state index contributed by atoms with van der Waals surface area (Å²) in [5, 5.41) is 4.70. The summed E-state index contributed by atoms with van der Waals surface area (Å²) in [5.74, 6) is 1.22. The molecule has 1 aliphatic carbocycles. The number of nitrogens with zero attached hydrogens (tertiary/aromatic N) is 3. The molecule has 1 aliphatic heterocycles. The summed E-state index contributed by atoms with van der Waals surface area (Å²) in [5.41, 5.74) is 0.671. The first-order chi connectivity index (χ1) is 19.4. The van der Waals surface area contributed by atoms with Crippen molar-refractivity contribution >= 4 is 33.4 Å². The number of rotatable bonds is 11. The van der Waals surface area contributed by atoms with E-state index in [1.165, 1.54) is 26.9 Å². The average molecular weight is 569 g/mol. The van der Waals surface area contributed by atoms with Gasteiger partial charge in [0.15, 0.2) is 11.5 Å². The van der Waals surface area contributed by atoms with Gasteiger partial charge in [0.2, 0.25) is 18.6 Å². The zero-order chi connectivity index (χ0) is 28.1. The number of fused-ring (bicyclic) bond motifs is 2. The standard InChI is InChI=1S/C29H36N4O6S/c1-31(21-8-4-2-5-9-21)26(35)18-33-22-13-15-40-27(22)28(36)32(29(33)37)14-7-3-6-10-25(34)30-17-20-11-12-23-24(16-20)39-19-38-23/h11-13,15-16,21H,2-10,14,17-19H2,1H3,(H,30,34). The molecule has 2 aliphatic rings. The maximum absolute atomic E-state index is 13.4. The number of thiophene rings is 1. The smallest absolute Gasteiger partial charge is 0.332 e. The van der Waals surface area contributed by atoms with E-state index >= 15 is 0 Å². The molecular formula is C29H36N4O6S. The summed E-state index contributed by atoms with van der Waals surface area (Å²) in [7, 11) is 1.81. The van der Waals surface area contributed by atoms with Crippen LogP contribution in [-0.2, 0) is 29.2 Å². The van der Waals surface area contributed by atoms with Crippen molar-refractivity contribution in [3.05, 3.63) is 56.0 Å². The fourth-order valence-corrected chi connectivity index (χ4v) is 6.32. The summed E-state index contributed by atoms with van der Waals surface area (Å²) in [6.45, 7) is 0.780. The Balaban J connectivity index is 1.14. The third-order valence-corrected chi connectivity index (χ3v) is 8.75. The average Bonchev–Trinajstić information content (AvgIpc) is 3.65. The highest BCUT2D eigenvalue weighted by atomic mass is 32.1. The molecule has 0 radical (unpaired) electrons. The van der Waals surface area contributed by atoms with Crippen molar-refractivity contribution in [2.45, 2.75) is 83.5 Å². The number of benzene rings is 1. The predicted octanol–water partition coefficient (Wildman–Crippen LogP) is 3.62. The van der Waals surface area contributed by atoms with Gasteiger partial charge in [0, 0.05) is 32.6 Å². The lowest BCUT2D eigenvalue weighted by atomic mass is 9.94. The largest absolute Gasteiger partial charge is 0.454 e. The Morgan fingerprint density at radius 1 is 1.02 bits per heavy atom. The number of carbonyl (C=O) groups excluding carboxylic acids is 2. The molecule has 0 atom stereocenters. The van der Waals surface area contributed by atoms with Gasteiger partial charge in [0.25, 0.3) is 5.56 Å². The van der Waals surface area contributed by atoms with Gasteiger partial charge in [-0.15, -0.1) is 11.3 Å². The zero-order valence-electron chi connectivity index (χ0n) is 22.9. The summed E-state index contributed by atoms with van der Waals surface area (Å²) < 4.78 is 13.8. The highest BCUT2D eigenvalue weighted by molar-refractivity contribution is 7.17. The number of carbonyl (C=O) groups is 2. The van der Waals surface area contributed by atoms with E-state index in [1.54, 1.807) is 16.3 Å². The van der Waals surface area contributed by atoms with Crippen molar-refractivity contribution in [3.8, 4) is 11.5 Å². The van der Waals surface area contributed by atoms with Crippen molar-refractivity contribution in [2.75, 3.05) is 13.8 Å². The normalized spacial score (nSPS) is 14.9. The molecule has 0 spiro atoms. The molecule has 3 heterocycles. The second-order valence-corrected chi connectivity index (χ2v) is 11.4. The van der Waals surface area contributed by atoms with Crippen LogP contribution in [0.15, 0.2) is 39.2 Å². The van der Waals surface area contributed by atoms with Crippen LogP contribution in [0.2, 0.25) is 0 Å². The molecule has 2 amide bonds. The lowest BCUT2D eigenvalue weighted by Gasteiger charge is -2.31. The van der Waals surface area contributed by atoms with E-state index in [9.17, 15) is 19.2 Å². The monoisotopic (exact) mass is 568 g/mol. The van der Waals surface area contributed by atoms with Crippen LogP contribution in [0.5, 0.6) is 11.5 Å². The van der Waals surface area contributed by atoms with Crippen LogP contribution in [0.4, 0.5) is 0 Å². The number of amides is 2. The Kier molecular flexibility index (Phi) is 8.88. The van der Waals surface area contributed by atoms with Crippen LogP contribution in [0.3, 0.4) is 0 Å². The molecule has 3 aromatic rings. The minimum atomic E-state index is -0.456. The maximum atomic E-state index is 13.4. The van der Waals surface area contributed by atoms with Crippen molar-refractivity contribution in [1.82, 2.24) is 19.4 Å². The first-order valence-corrected chi connectivity index (χ1v) is 14.9. The highest BCUT2D eigenvalue weighted by Gasteiger charge is 2.24. The first kappa shape index (κ1) is 27.9. The number of hydrogen-bond acceptors (Lipinski definition) is 7. The van der Waals surface area contributed by atoms with Crippen LogP contribution < -0.4 is 26.0 Å². The summed E-state index contributed by atoms with van der Waals surface area (Å²) in [6, 6.07) is 7.53. The molecule has 214 valence electrons. The first-order valence-electron chi connectivity index (χ1n) is 14.0. The molecule has 5 rings (SSSR count). The Hall–Kier alpha value is -3.60. The van der Waals surface area contributed by atoms with Crippen molar-refractivity contribution in [2.24, 2.45) is 0 Å². The molecule has 11 heteroatoms. The van der Waals surface area contributed by atoms with E-state index in [2.05, 4.69) is 5.32 Å². The number of ether oxygens (including phenoxy) is 2. The van der Waals surface area contributed by atoms with Gasteiger partial charge in [0.05, 0.1) is 5.52 Å². The van der Waals surface area contributed by atoms with Gasteiger partial charge in [-0.25, -0.2) is 4.79 Å². The predicted molar refractivity (Wildman–Crippen MR) is 153 cm³/mol. The van der Waals surface area contributed by atoms with E-state index in [0.717, 1.165) is 31.2 Å². The van der Waals surface area contributed by atoms with E-state index < -0.39 is 5.69 Å². The molecule has 1 saturated carbocycles. The third-order valence-electron chi connectivity index (χ3n) is 7.86. The van der Waals surface area contributed by atoms with Gasteiger partial charge in [0.1, 0.15) is 11.2 Å². The third kappa shape index (κ3) is 6.24. The lowest BCUT2D eigenvalue weighted by Crippen LogP contribution is -2.45. The number of hydrogen-bond donors (Lipinski definition) is 1. The molecule has 10 nitrogen and oxygen atoms in total. The minimum absolute atomic E-state index is 0.0576. The van der Waals surface area contributed by atoms with Gasteiger partial charge < -0.3 is 19.7 Å². The number of likely N-dealkylation sites (N-methyl/N-ethyl adjacent to an activating group) is 1. The van der Waals surface area contributed by atoms with E-state index in [4.69, 9.17) is 9.47 Å². The molecule has 0 bridgehead atoms. The number of aromatic nitrogens is 2. The SMILES string of the molecule is CN(C(=O)Cn1c(=O)n(CCCCCC(=O)NCc2ccc3c(c2)OCO3)c(=O)c2sccc21)C1CCCCC1. The fraction of sp³-hybridized carbons (Fsp3) is 0.517. The van der Waals surface area contributed by atoms with Gasteiger partial charge in [-0.2, -0.15) is 0 Å². The van der Waals surface area contributed by atoms with E-state index in [-0.39, 0.29) is 43.3 Å². The Labute approximate surface area is 236 Å². The Morgan fingerprint density at radius 2 is 1.82 bits per heavy atom. The van der Waals surface area contributed by atoms with Crippen LogP contribution in [-0.4, -0.2) is 45.7 Å². The van der Waals surface area contributed by atoms with Crippen molar-refractivity contribution in [3.63, 3.8) is 0 Å². The van der Waals surface area contributed by atoms with Crippen LogP contribution in [0.25, 0.3) is 10.2 Å².